The molecule has 2 nitrogen and oxygen atoms in total. The average Bonchev–Trinajstić information content (AvgIpc) is 1.99. The Kier molecular flexibility index (Phi) is 4.89. The molecule has 0 unspecified atom stereocenters. The van der Waals surface area contributed by atoms with E-state index in [0.717, 1.165) is 5.57 Å². The summed E-state index contributed by atoms with van der Waals surface area (Å²) in [6.07, 6.45) is 3.70. The van der Waals surface area contributed by atoms with E-state index in [1.807, 2.05) is 13.0 Å². The van der Waals surface area contributed by atoms with E-state index in [1.165, 1.54) is 0 Å². The lowest BCUT2D eigenvalue weighted by molar-refractivity contribution is 0.146. The van der Waals surface area contributed by atoms with Crippen LogP contribution in [0.4, 0.5) is 0 Å². The minimum Gasteiger partial charge on any atom is -0.377 e. The summed E-state index contributed by atoms with van der Waals surface area (Å²) in [5, 5.41) is 0. The van der Waals surface area contributed by atoms with Crippen molar-refractivity contribution in [2.45, 2.75) is 13.0 Å². The largest absolute Gasteiger partial charge is 0.377 e. The first-order valence-corrected chi connectivity index (χ1v) is 3.30. The molecule has 0 spiro atoms. The highest BCUT2D eigenvalue weighted by atomic mass is 16.5. The van der Waals surface area contributed by atoms with Crippen molar-refractivity contribution in [1.82, 2.24) is 0 Å². The lowest BCUT2D eigenvalue weighted by Crippen LogP contribution is -2.16. The molecule has 0 aromatic rings. The van der Waals surface area contributed by atoms with Gasteiger partial charge in [0.15, 0.2) is 0 Å². The highest BCUT2D eigenvalue weighted by Gasteiger charge is 2.02. The van der Waals surface area contributed by atoms with Crippen molar-refractivity contribution in [3.63, 3.8) is 0 Å². The molecule has 0 aromatic carbocycles. The number of hydrogen-bond donors (Lipinski definition) is 1. The fourth-order valence-corrected chi connectivity index (χ4v) is 0.672. The van der Waals surface area contributed by atoms with Crippen LogP contribution in [0.25, 0.3) is 0 Å². The minimum atomic E-state index is 0.1000. The molecule has 2 heteroatoms. The van der Waals surface area contributed by atoms with E-state index < -0.39 is 0 Å². The maximum Gasteiger partial charge on any atom is 0.0768 e. The van der Waals surface area contributed by atoms with Gasteiger partial charge >= 0.3 is 0 Å². The Morgan fingerprint density at radius 1 is 1.80 bits per heavy atom. The lowest BCUT2D eigenvalue weighted by Gasteiger charge is -2.11. The molecule has 0 radical (unpaired) electrons. The molecule has 0 bridgehead atoms. The predicted octanol–water partition coefficient (Wildman–Crippen LogP) is 1.09. The normalized spacial score (nSPS) is 14.9. The van der Waals surface area contributed by atoms with E-state index in [1.54, 1.807) is 13.2 Å². The summed E-state index contributed by atoms with van der Waals surface area (Å²) in [7, 11) is 1.66. The molecule has 0 rings (SSSR count). The molecule has 0 fully saturated rings. The van der Waals surface area contributed by atoms with Crippen LogP contribution < -0.4 is 5.73 Å². The van der Waals surface area contributed by atoms with Gasteiger partial charge in [-0.05, 0) is 12.5 Å². The summed E-state index contributed by atoms with van der Waals surface area (Å²) >= 11 is 0. The van der Waals surface area contributed by atoms with E-state index in [9.17, 15) is 0 Å². The third kappa shape index (κ3) is 2.80. The molecule has 0 aliphatic carbocycles. The summed E-state index contributed by atoms with van der Waals surface area (Å²) in [6.45, 7) is 6.07. The maximum absolute atomic E-state index is 5.44. The van der Waals surface area contributed by atoms with Crippen LogP contribution in [0.5, 0.6) is 0 Å². The van der Waals surface area contributed by atoms with Gasteiger partial charge in [0.2, 0.25) is 0 Å². The van der Waals surface area contributed by atoms with Crippen LogP contribution in [-0.4, -0.2) is 19.8 Å². The van der Waals surface area contributed by atoms with Crippen molar-refractivity contribution in [3.8, 4) is 0 Å². The molecule has 2 N–H and O–H groups in total. The van der Waals surface area contributed by atoms with E-state index in [0.29, 0.717) is 6.54 Å². The average molecular weight is 141 g/mol. The van der Waals surface area contributed by atoms with Crippen molar-refractivity contribution >= 4 is 0 Å². The van der Waals surface area contributed by atoms with Crippen molar-refractivity contribution in [2.75, 3.05) is 13.7 Å². The Balaban J connectivity index is 4.04. The number of methoxy groups -OCH3 is 1. The predicted molar refractivity (Wildman–Crippen MR) is 43.8 cm³/mol. The van der Waals surface area contributed by atoms with Gasteiger partial charge in [-0.25, -0.2) is 0 Å². The van der Waals surface area contributed by atoms with E-state index in [2.05, 4.69) is 6.58 Å². The third-order valence-electron chi connectivity index (χ3n) is 1.44. The second kappa shape index (κ2) is 5.21. The first-order valence-electron chi connectivity index (χ1n) is 3.30. The van der Waals surface area contributed by atoms with Crippen molar-refractivity contribution in [3.05, 3.63) is 24.3 Å². The smallest absolute Gasteiger partial charge is 0.0768 e. The molecule has 0 aliphatic rings. The number of allylic oxidation sites excluding steroid dienone is 2. The Hall–Kier alpha value is -0.600. The van der Waals surface area contributed by atoms with Crippen LogP contribution in [0.15, 0.2) is 24.3 Å². The molecule has 0 heterocycles. The first kappa shape index (κ1) is 9.40. The summed E-state index contributed by atoms with van der Waals surface area (Å²) in [4.78, 5) is 0. The Bertz CT molecular complexity index is 129. The van der Waals surface area contributed by atoms with E-state index >= 15 is 0 Å². The van der Waals surface area contributed by atoms with Gasteiger partial charge in [-0.1, -0.05) is 18.7 Å². The van der Waals surface area contributed by atoms with Gasteiger partial charge in [-0.2, -0.15) is 0 Å². The Labute approximate surface area is 62.4 Å². The molecule has 0 saturated heterocycles. The summed E-state index contributed by atoms with van der Waals surface area (Å²) in [5.74, 6) is 0. The Morgan fingerprint density at radius 2 is 2.40 bits per heavy atom. The quantitative estimate of drug-likeness (QED) is 0.595. The number of hydrogen-bond acceptors (Lipinski definition) is 2. The zero-order chi connectivity index (χ0) is 7.98. The summed E-state index contributed by atoms with van der Waals surface area (Å²) < 4.78 is 5.06. The lowest BCUT2D eigenvalue weighted by atomic mass is 10.1. The third-order valence-corrected chi connectivity index (χ3v) is 1.44. The summed E-state index contributed by atoms with van der Waals surface area (Å²) in [5.41, 5.74) is 6.51. The minimum absolute atomic E-state index is 0.1000. The molecule has 58 valence electrons. The zero-order valence-electron chi connectivity index (χ0n) is 6.63. The van der Waals surface area contributed by atoms with Crippen LogP contribution >= 0.6 is 0 Å². The number of ether oxygens (including phenoxy) is 1. The fourth-order valence-electron chi connectivity index (χ4n) is 0.672. The van der Waals surface area contributed by atoms with E-state index in [-0.39, 0.29) is 6.10 Å². The molecular formula is C8H15NO. The SMILES string of the molecule is C=C/C=C(/CN)[C@@H](C)OC. The first-order chi connectivity index (χ1) is 4.76. The van der Waals surface area contributed by atoms with Gasteiger partial charge in [-0.3, -0.25) is 0 Å². The molecule has 1 atom stereocenters. The van der Waals surface area contributed by atoms with Gasteiger partial charge < -0.3 is 10.5 Å². The monoisotopic (exact) mass is 141 g/mol. The second-order valence-corrected chi connectivity index (χ2v) is 2.06. The van der Waals surface area contributed by atoms with E-state index in [4.69, 9.17) is 10.5 Å². The fraction of sp³-hybridized carbons (Fsp3) is 0.500. The van der Waals surface area contributed by atoms with Gasteiger partial charge in [0, 0.05) is 13.7 Å². The highest BCUT2D eigenvalue weighted by molar-refractivity contribution is 5.15. The number of nitrogens with two attached hydrogens (primary N) is 1. The van der Waals surface area contributed by atoms with Crippen LogP contribution in [0.1, 0.15) is 6.92 Å². The second-order valence-electron chi connectivity index (χ2n) is 2.06. The van der Waals surface area contributed by atoms with Crippen LogP contribution in [0, 0.1) is 0 Å². The maximum atomic E-state index is 5.44. The standard InChI is InChI=1S/C8H15NO/c1-4-5-8(6-9)7(2)10-3/h4-5,7H,1,6,9H2,2-3H3/b8-5-/t7-/m1/s1. The molecule has 10 heavy (non-hydrogen) atoms. The molecule has 0 amide bonds. The molecule has 0 saturated carbocycles. The van der Waals surface area contributed by atoms with Crippen molar-refractivity contribution in [1.29, 1.82) is 0 Å². The van der Waals surface area contributed by atoms with Gasteiger partial charge in [0.25, 0.3) is 0 Å². The highest BCUT2D eigenvalue weighted by Crippen LogP contribution is 2.02. The topological polar surface area (TPSA) is 35.2 Å². The number of rotatable bonds is 4. The van der Waals surface area contributed by atoms with Crippen molar-refractivity contribution < 1.29 is 4.74 Å². The Morgan fingerprint density at radius 3 is 2.70 bits per heavy atom. The molecular weight excluding hydrogens is 126 g/mol. The van der Waals surface area contributed by atoms with Crippen LogP contribution in [0.3, 0.4) is 0 Å². The zero-order valence-corrected chi connectivity index (χ0v) is 6.63. The van der Waals surface area contributed by atoms with Gasteiger partial charge in [0.05, 0.1) is 6.10 Å². The van der Waals surface area contributed by atoms with Gasteiger partial charge in [0.1, 0.15) is 0 Å². The van der Waals surface area contributed by atoms with Crippen LogP contribution in [-0.2, 0) is 4.74 Å². The van der Waals surface area contributed by atoms with Crippen LogP contribution in [0.2, 0.25) is 0 Å². The summed E-state index contributed by atoms with van der Waals surface area (Å²) in [6, 6.07) is 0. The van der Waals surface area contributed by atoms with Crippen molar-refractivity contribution in [2.24, 2.45) is 5.73 Å². The van der Waals surface area contributed by atoms with Gasteiger partial charge in [-0.15, -0.1) is 0 Å². The molecule has 0 aliphatic heterocycles. The molecule has 0 aromatic heterocycles.